The van der Waals surface area contributed by atoms with Crippen molar-refractivity contribution in [2.24, 2.45) is 0 Å². The Bertz CT molecular complexity index is 355. The number of rotatable bonds is 5. The quantitative estimate of drug-likeness (QED) is 0.266. The molecule has 0 atom stereocenters. The summed E-state index contributed by atoms with van der Waals surface area (Å²) >= 11 is 5.26. The summed E-state index contributed by atoms with van der Waals surface area (Å²) in [6, 6.07) is 1.69. The number of carbonyl (C=O) groups excluding carboxylic acids is 1. The van der Waals surface area contributed by atoms with Crippen molar-refractivity contribution in [1.82, 2.24) is 0 Å². The predicted molar refractivity (Wildman–Crippen MR) is 63.4 cm³/mol. The van der Waals surface area contributed by atoms with Crippen LogP contribution < -0.4 is 0 Å². The molecule has 17 heavy (non-hydrogen) atoms. The van der Waals surface area contributed by atoms with Gasteiger partial charge in [-0.3, -0.25) is 0 Å². The van der Waals surface area contributed by atoms with Crippen molar-refractivity contribution in [1.29, 1.82) is 5.26 Å². The molecule has 0 unspecified atom stereocenters. The molecule has 0 fully saturated rings. The molecule has 0 saturated carbocycles. The second-order valence-electron chi connectivity index (χ2n) is 2.35. The van der Waals surface area contributed by atoms with E-state index in [1.807, 2.05) is 0 Å². The maximum Gasteiger partial charge on any atom is 0.337 e. The first-order valence-electron chi connectivity index (χ1n) is 4.33. The molecular formula is C11H12ClNO4. The minimum absolute atomic E-state index is 0.0208. The van der Waals surface area contributed by atoms with Gasteiger partial charge in [0.1, 0.15) is 6.61 Å². The van der Waals surface area contributed by atoms with E-state index in [1.165, 1.54) is 6.08 Å². The Hall–Kier alpha value is -2.06. The van der Waals surface area contributed by atoms with Crippen molar-refractivity contribution in [3.63, 3.8) is 0 Å². The lowest BCUT2D eigenvalue weighted by atomic mass is 10.3. The molecular weight excluding hydrogens is 246 g/mol. The molecule has 0 aliphatic carbocycles. The fraction of sp³-hybridized carbons (Fsp3) is 0.182. The summed E-state index contributed by atoms with van der Waals surface area (Å²) in [7, 11) is 0. The van der Waals surface area contributed by atoms with Crippen LogP contribution in [0, 0.1) is 11.3 Å². The van der Waals surface area contributed by atoms with Gasteiger partial charge in [0.25, 0.3) is 0 Å². The zero-order chi connectivity index (χ0) is 13.7. The number of hydrogen-bond acceptors (Lipinski definition) is 4. The summed E-state index contributed by atoms with van der Waals surface area (Å²) < 4.78 is 4.57. The zero-order valence-corrected chi connectivity index (χ0v) is 9.81. The molecule has 0 spiro atoms. The topological polar surface area (TPSA) is 87.4 Å². The van der Waals surface area contributed by atoms with Gasteiger partial charge >= 0.3 is 11.9 Å². The molecule has 0 saturated heterocycles. The molecule has 0 aromatic rings. The molecule has 0 amide bonds. The zero-order valence-electron chi connectivity index (χ0n) is 9.06. The van der Waals surface area contributed by atoms with Crippen LogP contribution in [0.3, 0.4) is 0 Å². The van der Waals surface area contributed by atoms with E-state index in [-0.39, 0.29) is 18.1 Å². The van der Waals surface area contributed by atoms with Gasteiger partial charge in [0.05, 0.1) is 17.5 Å². The summed E-state index contributed by atoms with van der Waals surface area (Å²) in [6.07, 6.45) is 3.06. The number of hydrogen-bond donors (Lipinski definition) is 1. The van der Waals surface area contributed by atoms with Gasteiger partial charge < -0.3 is 9.84 Å². The maximum absolute atomic E-state index is 10.9. The van der Waals surface area contributed by atoms with Crippen LogP contribution in [0.5, 0.6) is 0 Å². The highest BCUT2D eigenvalue weighted by molar-refractivity contribution is 6.18. The monoisotopic (exact) mass is 257 g/mol. The van der Waals surface area contributed by atoms with Crippen molar-refractivity contribution in [3.8, 4) is 6.07 Å². The van der Waals surface area contributed by atoms with E-state index in [1.54, 1.807) is 6.07 Å². The molecule has 0 aliphatic rings. The average Bonchev–Trinajstić information content (AvgIpc) is 2.33. The molecule has 92 valence electrons. The van der Waals surface area contributed by atoms with Crippen LogP contribution in [0.2, 0.25) is 0 Å². The Balaban J connectivity index is 0. The van der Waals surface area contributed by atoms with Crippen molar-refractivity contribution in [2.45, 2.75) is 0 Å². The fourth-order valence-electron chi connectivity index (χ4n) is 0.464. The van der Waals surface area contributed by atoms with Gasteiger partial charge in [0.15, 0.2) is 0 Å². The molecule has 0 radical (unpaired) electrons. The maximum atomic E-state index is 10.9. The largest absolute Gasteiger partial charge is 0.478 e. The first-order chi connectivity index (χ1) is 7.99. The number of carbonyl (C=O) groups is 2. The Morgan fingerprint density at radius 3 is 2.35 bits per heavy atom. The van der Waals surface area contributed by atoms with Gasteiger partial charge in [-0.25, -0.2) is 9.59 Å². The van der Waals surface area contributed by atoms with Gasteiger partial charge in [-0.2, -0.15) is 5.26 Å². The molecule has 0 bridgehead atoms. The number of ether oxygens (including phenoxy) is 1. The van der Waals surface area contributed by atoms with Crippen LogP contribution >= 0.6 is 11.6 Å². The highest BCUT2D eigenvalue weighted by Gasteiger charge is 2.04. The van der Waals surface area contributed by atoms with Crippen LogP contribution in [0.25, 0.3) is 0 Å². The fourth-order valence-corrected chi connectivity index (χ4v) is 0.541. The van der Waals surface area contributed by atoms with E-state index in [9.17, 15) is 9.59 Å². The van der Waals surface area contributed by atoms with Crippen molar-refractivity contribution < 1.29 is 19.4 Å². The first kappa shape index (κ1) is 17.3. The molecule has 0 heterocycles. The Morgan fingerprint density at radius 2 is 2.00 bits per heavy atom. The SMILES string of the molecule is C=C(C=CC(=O)O)C(=O)OCCCl.C=CC#N. The number of carboxylic acids is 1. The first-order valence-corrected chi connectivity index (χ1v) is 4.86. The third kappa shape index (κ3) is 13.9. The Kier molecular flexibility index (Phi) is 12.3. The third-order valence-corrected chi connectivity index (χ3v) is 1.25. The predicted octanol–water partition coefficient (Wildman–Crippen LogP) is 1.66. The standard InChI is InChI=1S/C8H9ClO4.C3H3N/c1-6(2-3-7(10)11)8(12)13-5-4-9;1-2-3-4/h2-3H,1,4-5H2,(H,10,11);2H,1H2. The Labute approximate surface area is 104 Å². The second kappa shape index (κ2) is 12.0. The van der Waals surface area contributed by atoms with Crippen molar-refractivity contribution >= 4 is 23.5 Å². The van der Waals surface area contributed by atoms with E-state index in [2.05, 4.69) is 17.9 Å². The highest BCUT2D eigenvalue weighted by atomic mass is 35.5. The smallest absolute Gasteiger partial charge is 0.337 e. The average molecular weight is 258 g/mol. The number of esters is 1. The third-order valence-electron chi connectivity index (χ3n) is 1.09. The summed E-state index contributed by atoms with van der Waals surface area (Å²) in [5.41, 5.74) is -0.0208. The second-order valence-corrected chi connectivity index (χ2v) is 2.73. The van der Waals surface area contributed by atoms with Crippen molar-refractivity contribution in [2.75, 3.05) is 12.5 Å². The normalized spacial score (nSPS) is 8.47. The summed E-state index contributed by atoms with van der Waals surface area (Å²) in [6.45, 7) is 6.51. The molecule has 5 nitrogen and oxygen atoms in total. The van der Waals surface area contributed by atoms with Crippen LogP contribution in [0.15, 0.2) is 37.0 Å². The molecule has 0 aromatic carbocycles. The van der Waals surface area contributed by atoms with Gasteiger partial charge in [-0.05, 0) is 6.08 Å². The van der Waals surface area contributed by atoms with E-state index < -0.39 is 11.9 Å². The summed E-state index contributed by atoms with van der Waals surface area (Å²) in [5.74, 6) is -1.62. The van der Waals surface area contributed by atoms with Crippen molar-refractivity contribution in [3.05, 3.63) is 37.0 Å². The number of halogens is 1. The number of nitrogens with zero attached hydrogens (tertiary/aromatic N) is 1. The van der Waals surface area contributed by atoms with E-state index in [4.69, 9.17) is 22.0 Å². The Morgan fingerprint density at radius 1 is 1.47 bits per heavy atom. The number of carboxylic acid groups (broad SMARTS) is 1. The van der Waals surface area contributed by atoms with Crippen LogP contribution in [0.4, 0.5) is 0 Å². The lowest BCUT2D eigenvalue weighted by molar-refractivity contribution is -0.138. The summed E-state index contributed by atoms with van der Waals surface area (Å²) in [5, 5.41) is 15.7. The number of allylic oxidation sites excluding steroid dienone is 1. The lowest BCUT2D eigenvalue weighted by Gasteiger charge is -2.00. The van der Waals surface area contributed by atoms with E-state index >= 15 is 0 Å². The van der Waals surface area contributed by atoms with E-state index in [0.717, 1.165) is 12.2 Å². The van der Waals surface area contributed by atoms with Gasteiger partial charge in [-0.1, -0.05) is 13.2 Å². The van der Waals surface area contributed by atoms with Gasteiger partial charge in [-0.15, -0.1) is 11.6 Å². The van der Waals surface area contributed by atoms with E-state index in [0.29, 0.717) is 0 Å². The number of aliphatic carboxylic acids is 1. The molecule has 1 N–H and O–H groups in total. The number of nitriles is 1. The minimum atomic E-state index is -1.15. The lowest BCUT2D eigenvalue weighted by Crippen LogP contribution is -2.07. The van der Waals surface area contributed by atoms with Gasteiger partial charge in [0.2, 0.25) is 0 Å². The molecule has 0 rings (SSSR count). The van der Waals surface area contributed by atoms with Crippen LogP contribution in [0.1, 0.15) is 0 Å². The number of alkyl halides is 1. The van der Waals surface area contributed by atoms with Crippen LogP contribution in [-0.2, 0) is 14.3 Å². The van der Waals surface area contributed by atoms with Crippen LogP contribution in [-0.4, -0.2) is 29.5 Å². The molecule has 0 aliphatic heterocycles. The summed E-state index contributed by atoms with van der Waals surface area (Å²) in [4.78, 5) is 20.9. The minimum Gasteiger partial charge on any atom is -0.478 e. The highest BCUT2D eigenvalue weighted by Crippen LogP contribution is 1.97. The molecule has 0 aromatic heterocycles. The molecule has 6 heteroatoms. The van der Waals surface area contributed by atoms with Gasteiger partial charge in [0, 0.05) is 12.2 Å².